The van der Waals surface area contributed by atoms with Crippen molar-refractivity contribution in [3.05, 3.63) is 37.8 Å². The zero-order valence-electron chi connectivity index (χ0n) is 8.18. The predicted octanol–water partition coefficient (Wildman–Crippen LogP) is 3.25. The summed E-state index contributed by atoms with van der Waals surface area (Å²) in [4.78, 5) is 10.4. The fourth-order valence-electron chi connectivity index (χ4n) is 1.31. The van der Waals surface area contributed by atoms with Crippen LogP contribution in [0.25, 0.3) is 11.3 Å². The van der Waals surface area contributed by atoms with Gasteiger partial charge in [-0.3, -0.25) is 10.1 Å². The van der Waals surface area contributed by atoms with Gasteiger partial charge in [0.05, 0.1) is 10.5 Å². The summed E-state index contributed by atoms with van der Waals surface area (Å²) in [6.45, 7) is 0. The molecule has 1 aromatic carbocycles. The maximum absolute atomic E-state index is 10.9. The summed E-state index contributed by atoms with van der Waals surface area (Å²) in [5, 5.41) is 14.7. The Bertz CT molecular complexity index is 599. The Kier molecular flexibility index (Phi) is 3.03. The molecule has 1 aromatic heterocycles. The minimum Gasteiger partial charge on any atom is -0.380 e. The lowest BCUT2D eigenvalue weighted by atomic mass is 10.1. The molecule has 1 heterocycles. The lowest BCUT2D eigenvalue weighted by Gasteiger charge is -2.00. The first-order valence-electron chi connectivity index (χ1n) is 4.35. The van der Waals surface area contributed by atoms with E-state index in [1.807, 2.05) is 0 Å². The fraction of sp³-hybridized carbons (Fsp3) is 0. The number of rotatable bonds is 2. The number of aromatic nitrogens is 1. The van der Waals surface area contributed by atoms with E-state index in [1.165, 1.54) is 18.2 Å². The number of hydrogen-bond donors (Lipinski definition) is 1. The van der Waals surface area contributed by atoms with Crippen molar-refractivity contribution >= 4 is 39.0 Å². The van der Waals surface area contributed by atoms with Gasteiger partial charge in [0.15, 0.2) is 11.6 Å². The van der Waals surface area contributed by atoms with Crippen molar-refractivity contribution in [2.45, 2.75) is 0 Å². The molecule has 0 saturated carbocycles. The molecule has 0 radical (unpaired) electrons. The van der Waals surface area contributed by atoms with E-state index < -0.39 is 4.92 Å². The summed E-state index contributed by atoms with van der Waals surface area (Å²) in [6, 6.07) is 4.24. The van der Waals surface area contributed by atoms with E-state index >= 15 is 0 Å². The first-order valence-corrected chi connectivity index (χ1v) is 5.52. The molecule has 0 amide bonds. The normalized spacial score (nSPS) is 10.5. The molecule has 0 saturated heterocycles. The van der Waals surface area contributed by atoms with Crippen molar-refractivity contribution < 1.29 is 9.45 Å². The molecule has 6 nitrogen and oxygen atoms in total. The number of nitrogens with two attached hydrogens (primary N) is 1. The van der Waals surface area contributed by atoms with Crippen LogP contribution in [0, 0.1) is 10.1 Å². The third-order valence-corrected chi connectivity index (χ3v) is 3.06. The Morgan fingerprint density at radius 1 is 1.53 bits per heavy atom. The van der Waals surface area contributed by atoms with Crippen LogP contribution in [0.3, 0.4) is 0 Å². The Morgan fingerprint density at radius 3 is 2.76 bits per heavy atom. The van der Waals surface area contributed by atoms with Gasteiger partial charge in [0, 0.05) is 11.1 Å². The molecule has 0 fully saturated rings. The second-order valence-corrected chi connectivity index (χ2v) is 4.36. The van der Waals surface area contributed by atoms with Gasteiger partial charge in [-0.25, -0.2) is 0 Å². The Balaban J connectivity index is 2.67. The van der Waals surface area contributed by atoms with Crippen LogP contribution in [0.5, 0.6) is 0 Å². The highest BCUT2D eigenvalue weighted by Gasteiger charge is 2.22. The zero-order valence-corrected chi connectivity index (χ0v) is 10.5. The standard InChI is InChI=1S/C9H5BrClN3O3/c10-7-8(17-13-9(7)12)5-2-1-4(11)3-6(5)14(15)16/h1-3H,(H2,12,13). The number of benzene rings is 1. The van der Waals surface area contributed by atoms with E-state index in [4.69, 9.17) is 21.9 Å². The molecule has 88 valence electrons. The van der Waals surface area contributed by atoms with Crippen molar-refractivity contribution in [3.8, 4) is 11.3 Å². The second kappa shape index (κ2) is 4.34. The van der Waals surface area contributed by atoms with Gasteiger partial charge in [-0.2, -0.15) is 0 Å². The lowest BCUT2D eigenvalue weighted by Crippen LogP contribution is -1.92. The minimum absolute atomic E-state index is 0.129. The Morgan fingerprint density at radius 2 is 2.24 bits per heavy atom. The lowest BCUT2D eigenvalue weighted by molar-refractivity contribution is -0.384. The molecule has 0 aliphatic rings. The topological polar surface area (TPSA) is 95.2 Å². The van der Waals surface area contributed by atoms with Gasteiger partial charge in [0.25, 0.3) is 5.69 Å². The molecule has 0 bridgehead atoms. The van der Waals surface area contributed by atoms with E-state index in [0.717, 1.165) is 0 Å². The van der Waals surface area contributed by atoms with Crippen LogP contribution in [0.15, 0.2) is 27.2 Å². The minimum atomic E-state index is -0.549. The summed E-state index contributed by atoms with van der Waals surface area (Å²) in [7, 11) is 0. The third kappa shape index (κ3) is 2.11. The summed E-state index contributed by atoms with van der Waals surface area (Å²) < 4.78 is 5.32. The maximum atomic E-state index is 10.9. The van der Waals surface area contributed by atoms with Crippen molar-refractivity contribution in [1.82, 2.24) is 5.16 Å². The zero-order chi connectivity index (χ0) is 12.6. The monoisotopic (exact) mass is 317 g/mol. The van der Waals surface area contributed by atoms with Crippen LogP contribution in [0.4, 0.5) is 11.5 Å². The van der Waals surface area contributed by atoms with E-state index in [0.29, 0.717) is 4.47 Å². The van der Waals surface area contributed by atoms with Crippen LogP contribution < -0.4 is 5.73 Å². The van der Waals surface area contributed by atoms with E-state index in [2.05, 4.69) is 21.1 Å². The number of nitrogen functional groups attached to an aromatic ring is 1. The van der Waals surface area contributed by atoms with Gasteiger partial charge in [-0.05, 0) is 28.1 Å². The highest BCUT2D eigenvalue weighted by Crippen LogP contribution is 2.38. The Labute approximate surface area is 109 Å². The van der Waals surface area contributed by atoms with Gasteiger partial charge >= 0.3 is 0 Å². The number of hydrogen-bond acceptors (Lipinski definition) is 5. The van der Waals surface area contributed by atoms with Gasteiger partial charge in [0.1, 0.15) is 4.47 Å². The number of nitro benzene ring substituents is 1. The molecule has 2 aromatic rings. The molecule has 0 unspecified atom stereocenters. The number of halogens is 2. The average molecular weight is 319 g/mol. The molecule has 0 aliphatic heterocycles. The van der Waals surface area contributed by atoms with Crippen molar-refractivity contribution in [2.75, 3.05) is 5.73 Å². The van der Waals surface area contributed by atoms with Crippen molar-refractivity contribution in [2.24, 2.45) is 0 Å². The molecule has 8 heteroatoms. The fourth-order valence-corrected chi connectivity index (χ4v) is 1.83. The van der Waals surface area contributed by atoms with Crippen LogP contribution in [0.1, 0.15) is 0 Å². The molecule has 2 N–H and O–H groups in total. The van der Waals surface area contributed by atoms with Gasteiger partial charge in [0.2, 0.25) is 0 Å². The number of nitrogens with zero attached hydrogens (tertiary/aromatic N) is 2. The SMILES string of the molecule is Nc1noc(-c2ccc(Cl)cc2[N+](=O)[O-])c1Br. The first-order chi connectivity index (χ1) is 8.00. The van der Waals surface area contributed by atoms with Gasteiger partial charge < -0.3 is 10.3 Å². The Hall–Kier alpha value is -1.60. The quantitative estimate of drug-likeness (QED) is 0.677. The van der Waals surface area contributed by atoms with Crippen LogP contribution >= 0.6 is 27.5 Å². The number of nitro groups is 1. The van der Waals surface area contributed by atoms with E-state index in [-0.39, 0.29) is 27.9 Å². The summed E-state index contributed by atoms with van der Waals surface area (Å²) in [6.07, 6.45) is 0. The van der Waals surface area contributed by atoms with Crippen molar-refractivity contribution in [3.63, 3.8) is 0 Å². The van der Waals surface area contributed by atoms with Crippen LogP contribution in [-0.4, -0.2) is 10.1 Å². The summed E-state index contributed by atoms with van der Waals surface area (Å²) >= 11 is 8.86. The molecule has 17 heavy (non-hydrogen) atoms. The molecular formula is C9H5BrClN3O3. The summed E-state index contributed by atoms with van der Waals surface area (Å²) in [5.74, 6) is 0.329. The van der Waals surface area contributed by atoms with Crippen LogP contribution in [-0.2, 0) is 0 Å². The van der Waals surface area contributed by atoms with E-state index in [1.54, 1.807) is 0 Å². The molecule has 2 rings (SSSR count). The number of anilines is 1. The smallest absolute Gasteiger partial charge is 0.281 e. The van der Waals surface area contributed by atoms with Gasteiger partial charge in [-0.15, -0.1) is 0 Å². The average Bonchev–Trinajstić information content (AvgIpc) is 2.60. The molecule has 0 aliphatic carbocycles. The van der Waals surface area contributed by atoms with Crippen LogP contribution in [0.2, 0.25) is 5.02 Å². The second-order valence-electron chi connectivity index (χ2n) is 3.13. The summed E-state index contributed by atoms with van der Waals surface area (Å²) in [5.41, 5.74) is 5.57. The molecular weight excluding hydrogens is 313 g/mol. The maximum Gasteiger partial charge on any atom is 0.281 e. The van der Waals surface area contributed by atoms with Gasteiger partial charge in [-0.1, -0.05) is 16.8 Å². The molecule has 0 spiro atoms. The first kappa shape index (κ1) is 11.9. The third-order valence-electron chi connectivity index (χ3n) is 2.06. The molecule has 0 atom stereocenters. The predicted molar refractivity (Wildman–Crippen MR) is 65.7 cm³/mol. The largest absolute Gasteiger partial charge is 0.380 e. The highest BCUT2D eigenvalue weighted by atomic mass is 79.9. The van der Waals surface area contributed by atoms with E-state index in [9.17, 15) is 10.1 Å². The van der Waals surface area contributed by atoms with Crippen molar-refractivity contribution in [1.29, 1.82) is 0 Å². The highest BCUT2D eigenvalue weighted by molar-refractivity contribution is 9.10.